The standard InChI is InChI=1S/C12H18N4O4/c1-12(2,20-3)7-14-11(17)9-6-8(16(18)19)4-5-10(9)15-13/h4-6,15H,7,13H2,1-3H3,(H,14,17). The summed E-state index contributed by atoms with van der Waals surface area (Å²) in [7, 11) is 1.53. The van der Waals surface area contributed by atoms with E-state index in [-0.39, 0.29) is 17.8 Å². The molecule has 0 heterocycles. The Morgan fingerprint density at radius 2 is 2.15 bits per heavy atom. The molecule has 0 bridgehead atoms. The van der Waals surface area contributed by atoms with Crippen LogP contribution in [0.3, 0.4) is 0 Å². The van der Waals surface area contributed by atoms with E-state index >= 15 is 0 Å². The number of hydrazine groups is 1. The summed E-state index contributed by atoms with van der Waals surface area (Å²) >= 11 is 0. The molecule has 1 aromatic rings. The molecule has 0 fully saturated rings. The molecule has 110 valence electrons. The van der Waals surface area contributed by atoms with Crippen molar-refractivity contribution in [2.24, 2.45) is 5.84 Å². The van der Waals surface area contributed by atoms with Crippen molar-refractivity contribution in [3.05, 3.63) is 33.9 Å². The van der Waals surface area contributed by atoms with Crippen LogP contribution >= 0.6 is 0 Å². The van der Waals surface area contributed by atoms with Crippen LogP contribution in [0, 0.1) is 10.1 Å². The molecule has 0 radical (unpaired) electrons. The van der Waals surface area contributed by atoms with Gasteiger partial charge in [0.1, 0.15) is 0 Å². The zero-order chi connectivity index (χ0) is 15.3. The van der Waals surface area contributed by atoms with Crippen LogP contribution in [0.25, 0.3) is 0 Å². The molecule has 20 heavy (non-hydrogen) atoms. The number of nitro benzene ring substituents is 1. The number of methoxy groups -OCH3 is 1. The fourth-order valence-electron chi connectivity index (χ4n) is 1.42. The minimum Gasteiger partial charge on any atom is -0.377 e. The smallest absolute Gasteiger partial charge is 0.270 e. The number of carbonyl (C=O) groups excluding carboxylic acids is 1. The first-order chi connectivity index (χ1) is 9.30. The van der Waals surface area contributed by atoms with Crippen molar-refractivity contribution < 1.29 is 14.5 Å². The molecule has 1 aromatic carbocycles. The highest BCUT2D eigenvalue weighted by Crippen LogP contribution is 2.21. The zero-order valence-electron chi connectivity index (χ0n) is 11.6. The molecule has 0 aliphatic heterocycles. The minimum absolute atomic E-state index is 0.105. The number of nitrogen functional groups attached to an aromatic ring is 1. The Bertz CT molecular complexity index is 516. The molecule has 0 spiro atoms. The summed E-state index contributed by atoms with van der Waals surface area (Å²) in [6, 6.07) is 3.82. The number of nitrogens with one attached hydrogen (secondary N) is 2. The Morgan fingerprint density at radius 3 is 2.65 bits per heavy atom. The molecule has 0 saturated heterocycles. The highest BCUT2D eigenvalue weighted by atomic mass is 16.6. The van der Waals surface area contributed by atoms with Gasteiger partial charge in [-0.15, -0.1) is 0 Å². The van der Waals surface area contributed by atoms with Gasteiger partial charge in [-0.1, -0.05) is 0 Å². The number of non-ortho nitro benzene ring substituents is 1. The molecular formula is C12H18N4O4. The zero-order valence-corrected chi connectivity index (χ0v) is 11.6. The Kier molecular flexibility index (Phi) is 5.00. The van der Waals surface area contributed by atoms with Crippen LogP contribution in [-0.2, 0) is 4.74 Å². The van der Waals surface area contributed by atoms with Crippen molar-refractivity contribution in [1.82, 2.24) is 5.32 Å². The number of carbonyl (C=O) groups is 1. The molecule has 8 heteroatoms. The van der Waals surface area contributed by atoms with Gasteiger partial charge in [-0.05, 0) is 19.9 Å². The van der Waals surface area contributed by atoms with Crippen molar-refractivity contribution in [1.29, 1.82) is 0 Å². The van der Waals surface area contributed by atoms with Crippen LogP contribution in [0.2, 0.25) is 0 Å². The number of hydrogen-bond donors (Lipinski definition) is 3. The van der Waals surface area contributed by atoms with E-state index in [1.807, 2.05) is 13.8 Å². The number of nitrogens with two attached hydrogens (primary N) is 1. The fourth-order valence-corrected chi connectivity index (χ4v) is 1.42. The van der Waals surface area contributed by atoms with Crippen molar-refractivity contribution in [2.75, 3.05) is 19.1 Å². The van der Waals surface area contributed by atoms with Gasteiger partial charge in [0.2, 0.25) is 0 Å². The Balaban J connectivity index is 2.96. The number of benzene rings is 1. The van der Waals surface area contributed by atoms with E-state index in [9.17, 15) is 14.9 Å². The number of hydrogen-bond acceptors (Lipinski definition) is 6. The number of rotatable bonds is 6. The van der Waals surface area contributed by atoms with Gasteiger partial charge in [-0.25, -0.2) is 0 Å². The van der Waals surface area contributed by atoms with Crippen molar-refractivity contribution in [3.63, 3.8) is 0 Å². The Labute approximate surface area is 116 Å². The summed E-state index contributed by atoms with van der Waals surface area (Å²) in [6.45, 7) is 3.88. The van der Waals surface area contributed by atoms with Crippen LogP contribution < -0.4 is 16.6 Å². The summed E-state index contributed by atoms with van der Waals surface area (Å²) in [6.07, 6.45) is 0. The van der Waals surface area contributed by atoms with Crippen LogP contribution in [0.1, 0.15) is 24.2 Å². The maximum Gasteiger partial charge on any atom is 0.270 e. The average molecular weight is 282 g/mol. The second-order valence-electron chi connectivity index (χ2n) is 4.78. The third kappa shape index (κ3) is 3.90. The molecule has 0 atom stereocenters. The normalized spacial score (nSPS) is 11.0. The molecule has 0 aliphatic carbocycles. The van der Waals surface area contributed by atoms with Gasteiger partial charge in [0.25, 0.3) is 11.6 Å². The molecule has 0 aromatic heterocycles. The van der Waals surface area contributed by atoms with E-state index in [2.05, 4.69) is 10.7 Å². The van der Waals surface area contributed by atoms with Gasteiger partial charge in [-0.3, -0.25) is 20.8 Å². The van der Waals surface area contributed by atoms with Crippen LogP contribution in [0.5, 0.6) is 0 Å². The van der Waals surface area contributed by atoms with E-state index in [4.69, 9.17) is 10.6 Å². The Hall–Kier alpha value is -2.19. The largest absolute Gasteiger partial charge is 0.377 e. The molecular weight excluding hydrogens is 264 g/mol. The molecule has 1 amide bonds. The minimum atomic E-state index is -0.573. The third-order valence-electron chi connectivity index (χ3n) is 2.84. The highest BCUT2D eigenvalue weighted by Gasteiger charge is 2.20. The lowest BCUT2D eigenvalue weighted by molar-refractivity contribution is -0.384. The summed E-state index contributed by atoms with van der Waals surface area (Å²) < 4.78 is 5.18. The van der Waals surface area contributed by atoms with Gasteiger partial charge in [-0.2, -0.15) is 0 Å². The number of nitrogens with zero attached hydrogens (tertiary/aromatic N) is 1. The fraction of sp³-hybridized carbons (Fsp3) is 0.417. The monoisotopic (exact) mass is 282 g/mol. The van der Waals surface area contributed by atoms with E-state index in [1.165, 1.54) is 25.3 Å². The van der Waals surface area contributed by atoms with Crippen LogP contribution in [0.4, 0.5) is 11.4 Å². The lowest BCUT2D eigenvalue weighted by Crippen LogP contribution is -2.40. The van der Waals surface area contributed by atoms with Crippen LogP contribution in [0.15, 0.2) is 18.2 Å². The maximum absolute atomic E-state index is 12.1. The van der Waals surface area contributed by atoms with Crippen molar-refractivity contribution in [2.45, 2.75) is 19.4 Å². The van der Waals surface area contributed by atoms with E-state index in [1.54, 1.807) is 0 Å². The predicted octanol–water partition coefficient (Wildman–Crippen LogP) is 1.04. The second-order valence-corrected chi connectivity index (χ2v) is 4.78. The van der Waals surface area contributed by atoms with Crippen molar-refractivity contribution >= 4 is 17.3 Å². The SMILES string of the molecule is COC(C)(C)CNC(=O)c1cc([N+](=O)[O-])ccc1NN. The first-order valence-electron chi connectivity index (χ1n) is 5.89. The molecule has 0 aliphatic rings. The van der Waals surface area contributed by atoms with Gasteiger partial charge >= 0.3 is 0 Å². The van der Waals surface area contributed by atoms with Gasteiger partial charge in [0.05, 0.1) is 21.8 Å². The van der Waals surface area contributed by atoms with E-state index in [0.29, 0.717) is 5.69 Å². The molecule has 0 unspecified atom stereocenters. The second kappa shape index (κ2) is 6.31. The third-order valence-corrected chi connectivity index (χ3v) is 2.84. The van der Waals surface area contributed by atoms with E-state index < -0.39 is 16.4 Å². The maximum atomic E-state index is 12.1. The predicted molar refractivity (Wildman–Crippen MR) is 74.3 cm³/mol. The molecule has 1 rings (SSSR count). The number of ether oxygens (including phenoxy) is 1. The first kappa shape index (κ1) is 15.9. The highest BCUT2D eigenvalue weighted by molar-refractivity contribution is 6.00. The van der Waals surface area contributed by atoms with Crippen LogP contribution in [-0.4, -0.2) is 30.1 Å². The lowest BCUT2D eigenvalue weighted by Gasteiger charge is -2.23. The van der Waals surface area contributed by atoms with Gasteiger partial charge in [0, 0.05) is 25.8 Å². The average Bonchev–Trinajstić information content (AvgIpc) is 2.44. The van der Waals surface area contributed by atoms with Gasteiger partial charge < -0.3 is 15.5 Å². The number of nitro groups is 1. The Morgan fingerprint density at radius 1 is 1.50 bits per heavy atom. The van der Waals surface area contributed by atoms with Crippen molar-refractivity contribution in [3.8, 4) is 0 Å². The lowest BCUT2D eigenvalue weighted by atomic mass is 10.1. The van der Waals surface area contributed by atoms with Gasteiger partial charge in [0.15, 0.2) is 0 Å². The number of anilines is 1. The topological polar surface area (TPSA) is 120 Å². The summed E-state index contributed by atoms with van der Waals surface area (Å²) in [5, 5.41) is 13.4. The molecule has 8 nitrogen and oxygen atoms in total. The van der Waals surface area contributed by atoms with E-state index in [0.717, 1.165) is 0 Å². The molecule has 0 saturated carbocycles. The summed E-state index contributed by atoms with van der Waals surface area (Å²) in [5.41, 5.74) is 2.04. The summed E-state index contributed by atoms with van der Waals surface area (Å²) in [4.78, 5) is 22.2. The summed E-state index contributed by atoms with van der Waals surface area (Å²) in [5.74, 6) is 4.83. The quantitative estimate of drug-likeness (QED) is 0.407. The molecule has 4 N–H and O–H groups in total. The number of amides is 1. The first-order valence-corrected chi connectivity index (χ1v) is 5.89.